The zero-order valence-corrected chi connectivity index (χ0v) is 17.4. The zero-order valence-electron chi connectivity index (χ0n) is 17.4. The molecule has 0 unspecified atom stereocenters. The molecule has 0 spiro atoms. The number of benzene rings is 2. The number of para-hydroxylation sites is 1. The third-order valence-corrected chi connectivity index (χ3v) is 4.83. The first kappa shape index (κ1) is 20.2. The Bertz CT molecular complexity index is 1290. The molecule has 0 radical (unpaired) electrons. The minimum Gasteiger partial charge on any atom is -0.496 e. The summed E-state index contributed by atoms with van der Waals surface area (Å²) in [6.07, 6.45) is 3.50. The molecule has 0 atom stereocenters. The van der Waals surface area contributed by atoms with Crippen molar-refractivity contribution in [1.82, 2.24) is 14.5 Å². The fourth-order valence-electron chi connectivity index (χ4n) is 3.40. The van der Waals surface area contributed by atoms with E-state index in [9.17, 15) is 4.79 Å². The second-order valence-corrected chi connectivity index (χ2v) is 7.17. The highest BCUT2D eigenvalue weighted by Gasteiger charge is 2.14. The van der Waals surface area contributed by atoms with Crippen LogP contribution in [0.4, 0.5) is 5.82 Å². The van der Waals surface area contributed by atoms with Crippen LogP contribution in [0.1, 0.15) is 16.7 Å². The van der Waals surface area contributed by atoms with Crippen LogP contribution >= 0.6 is 0 Å². The highest BCUT2D eigenvalue weighted by atomic mass is 16.5. The molecule has 7 heteroatoms. The van der Waals surface area contributed by atoms with E-state index in [1.165, 1.54) is 10.7 Å². The SMILES string of the molecule is COc1ccccc1-c1nn(Cc2ccccc2)cc1/C=N\n1c(N)cc(C)cc1=O. The maximum Gasteiger partial charge on any atom is 0.273 e. The number of hydrogen-bond acceptors (Lipinski definition) is 5. The van der Waals surface area contributed by atoms with Crippen molar-refractivity contribution < 1.29 is 4.74 Å². The lowest BCUT2D eigenvalue weighted by atomic mass is 10.1. The van der Waals surface area contributed by atoms with E-state index < -0.39 is 0 Å². The lowest BCUT2D eigenvalue weighted by Gasteiger charge is -2.07. The molecule has 0 saturated carbocycles. The molecule has 0 bridgehead atoms. The van der Waals surface area contributed by atoms with Gasteiger partial charge in [0, 0.05) is 23.4 Å². The van der Waals surface area contributed by atoms with E-state index >= 15 is 0 Å². The van der Waals surface area contributed by atoms with Crippen molar-refractivity contribution in [3.63, 3.8) is 0 Å². The number of nitrogens with two attached hydrogens (primary N) is 1. The number of nitrogen functional groups attached to an aromatic ring is 1. The number of methoxy groups -OCH3 is 1. The van der Waals surface area contributed by atoms with Gasteiger partial charge in [-0.3, -0.25) is 9.48 Å². The van der Waals surface area contributed by atoms with Crippen LogP contribution in [0.15, 0.2) is 82.8 Å². The maximum absolute atomic E-state index is 12.3. The predicted molar refractivity (Wildman–Crippen MR) is 123 cm³/mol. The summed E-state index contributed by atoms with van der Waals surface area (Å²) in [5, 5.41) is 9.12. The monoisotopic (exact) mass is 413 g/mol. The van der Waals surface area contributed by atoms with Crippen LogP contribution in [-0.4, -0.2) is 27.8 Å². The molecule has 0 saturated heterocycles. The van der Waals surface area contributed by atoms with E-state index in [-0.39, 0.29) is 11.4 Å². The van der Waals surface area contributed by atoms with Gasteiger partial charge in [0.1, 0.15) is 17.3 Å². The van der Waals surface area contributed by atoms with Gasteiger partial charge in [0.25, 0.3) is 5.56 Å². The molecule has 0 aliphatic heterocycles. The molecule has 156 valence electrons. The van der Waals surface area contributed by atoms with Gasteiger partial charge in [0.05, 0.1) is 19.9 Å². The Morgan fingerprint density at radius 3 is 2.58 bits per heavy atom. The average molecular weight is 413 g/mol. The molecular formula is C24H23N5O2. The molecule has 0 aliphatic rings. The number of aromatic nitrogens is 3. The van der Waals surface area contributed by atoms with Crippen LogP contribution in [0.5, 0.6) is 5.75 Å². The summed E-state index contributed by atoms with van der Waals surface area (Å²) < 4.78 is 8.55. The van der Waals surface area contributed by atoms with Crippen LogP contribution in [0.3, 0.4) is 0 Å². The van der Waals surface area contributed by atoms with Gasteiger partial charge < -0.3 is 10.5 Å². The van der Waals surface area contributed by atoms with Crippen molar-refractivity contribution in [1.29, 1.82) is 0 Å². The molecule has 4 rings (SSSR count). The molecule has 0 fully saturated rings. The highest BCUT2D eigenvalue weighted by Crippen LogP contribution is 2.30. The van der Waals surface area contributed by atoms with E-state index in [0.717, 1.165) is 22.3 Å². The summed E-state index contributed by atoms with van der Waals surface area (Å²) >= 11 is 0. The standard InChI is InChI=1S/C24H23N5O2/c1-17-12-22(25)29(23(30)13-17)26-14-19-16-28(15-18-8-4-3-5-9-18)27-24(19)20-10-6-7-11-21(20)31-2/h3-14,16H,15,25H2,1-2H3/b26-14-. The molecule has 2 heterocycles. The van der Waals surface area contributed by atoms with Crippen molar-refractivity contribution >= 4 is 12.0 Å². The van der Waals surface area contributed by atoms with E-state index in [2.05, 4.69) is 5.10 Å². The van der Waals surface area contributed by atoms with Crippen molar-refractivity contribution in [2.75, 3.05) is 12.8 Å². The first-order valence-electron chi connectivity index (χ1n) is 9.83. The molecule has 4 aromatic rings. The first-order valence-corrected chi connectivity index (χ1v) is 9.83. The molecule has 2 aromatic heterocycles. The van der Waals surface area contributed by atoms with Crippen LogP contribution < -0.4 is 16.0 Å². The number of anilines is 1. The van der Waals surface area contributed by atoms with Crippen molar-refractivity contribution in [2.45, 2.75) is 13.5 Å². The van der Waals surface area contributed by atoms with Crippen molar-refractivity contribution in [3.05, 3.63) is 100.0 Å². The number of hydrogen-bond donors (Lipinski definition) is 1. The number of ether oxygens (including phenoxy) is 1. The Hall–Kier alpha value is -4.13. The summed E-state index contributed by atoms with van der Waals surface area (Å²) in [5.41, 5.74) is 9.91. The normalized spacial score (nSPS) is 11.2. The number of rotatable bonds is 6. The van der Waals surface area contributed by atoms with Gasteiger partial charge in [0.15, 0.2) is 0 Å². The van der Waals surface area contributed by atoms with Crippen molar-refractivity contribution in [3.8, 4) is 17.0 Å². The lowest BCUT2D eigenvalue weighted by molar-refractivity contribution is 0.416. The van der Waals surface area contributed by atoms with E-state index in [4.69, 9.17) is 15.6 Å². The minimum atomic E-state index is -0.288. The second-order valence-electron chi connectivity index (χ2n) is 7.17. The van der Waals surface area contributed by atoms with E-state index in [0.29, 0.717) is 18.0 Å². The van der Waals surface area contributed by atoms with Crippen LogP contribution in [0.2, 0.25) is 0 Å². The van der Waals surface area contributed by atoms with Gasteiger partial charge in [0.2, 0.25) is 0 Å². The summed E-state index contributed by atoms with van der Waals surface area (Å²) in [6, 6.07) is 20.9. The molecule has 0 amide bonds. The Kier molecular flexibility index (Phi) is 5.66. The van der Waals surface area contributed by atoms with E-state index in [1.807, 2.05) is 72.4 Å². The molecule has 31 heavy (non-hydrogen) atoms. The topological polar surface area (TPSA) is 87.4 Å². The van der Waals surface area contributed by atoms with Crippen LogP contribution in [-0.2, 0) is 6.54 Å². The third kappa shape index (κ3) is 4.40. The molecule has 2 aromatic carbocycles. The smallest absolute Gasteiger partial charge is 0.273 e. The molecule has 0 aliphatic carbocycles. The van der Waals surface area contributed by atoms with Gasteiger partial charge >= 0.3 is 0 Å². The Balaban J connectivity index is 1.79. The number of nitrogens with zero attached hydrogens (tertiary/aromatic N) is 4. The fraction of sp³-hybridized carbons (Fsp3) is 0.125. The van der Waals surface area contributed by atoms with Crippen LogP contribution in [0.25, 0.3) is 11.3 Å². The summed E-state index contributed by atoms with van der Waals surface area (Å²) in [7, 11) is 1.63. The predicted octanol–water partition coefficient (Wildman–Crippen LogP) is 3.54. The number of aryl methyl sites for hydroxylation is 1. The largest absolute Gasteiger partial charge is 0.496 e. The molecular weight excluding hydrogens is 390 g/mol. The van der Waals surface area contributed by atoms with Crippen LogP contribution in [0, 0.1) is 6.92 Å². The Morgan fingerprint density at radius 2 is 1.84 bits per heavy atom. The van der Waals surface area contributed by atoms with Gasteiger partial charge in [-0.05, 0) is 36.2 Å². The quantitative estimate of drug-likeness (QED) is 0.490. The molecule has 7 nitrogen and oxygen atoms in total. The lowest BCUT2D eigenvalue weighted by Crippen LogP contribution is -2.19. The summed E-state index contributed by atoms with van der Waals surface area (Å²) in [6.45, 7) is 2.42. The maximum atomic E-state index is 12.3. The number of pyridine rings is 1. The third-order valence-electron chi connectivity index (χ3n) is 4.83. The Labute approximate surface area is 180 Å². The summed E-state index contributed by atoms with van der Waals surface area (Å²) in [4.78, 5) is 12.3. The highest BCUT2D eigenvalue weighted by molar-refractivity contribution is 5.90. The van der Waals surface area contributed by atoms with E-state index in [1.54, 1.807) is 19.4 Å². The first-order chi connectivity index (χ1) is 15.0. The van der Waals surface area contributed by atoms with Gasteiger partial charge in [-0.15, -0.1) is 0 Å². The fourth-order valence-corrected chi connectivity index (χ4v) is 3.40. The molecule has 2 N–H and O–H groups in total. The summed E-state index contributed by atoms with van der Waals surface area (Å²) in [5.74, 6) is 0.978. The van der Waals surface area contributed by atoms with Gasteiger partial charge in [-0.1, -0.05) is 42.5 Å². The zero-order chi connectivity index (χ0) is 21.8. The van der Waals surface area contributed by atoms with Gasteiger partial charge in [-0.25, -0.2) is 0 Å². The van der Waals surface area contributed by atoms with Gasteiger partial charge in [-0.2, -0.15) is 14.9 Å². The minimum absolute atomic E-state index is 0.275. The van der Waals surface area contributed by atoms with Crippen molar-refractivity contribution in [2.24, 2.45) is 5.10 Å². The second kappa shape index (κ2) is 8.71. The average Bonchev–Trinajstić information content (AvgIpc) is 3.16. The Morgan fingerprint density at radius 1 is 1.10 bits per heavy atom.